The van der Waals surface area contributed by atoms with Crippen molar-refractivity contribution in [2.45, 2.75) is 0 Å². The highest BCUT2D eigenvalue weighted by atomic mass is 16.7. The van der Waals surface area contributed by atoms with Gasteiger partial charge in [0.05, 0.1) is 64.3 Å². The van der Waals surface area contributed by atoms with E-state index in [9.17, 15) is 70.8 Å². The van der Waals surface area contributed by atoms with Crippen LogP contribution in [-0.2, 0) is 0 Å². The van der Waals surface area contributed by atoms with Crippen LogP contribution in [0.4, 0.5) is 39.8 Å². The lowest BCUT2D eigenvalue weighted by Gasteiger charge is -2.03. The fourth-order valence-corrected chi connectivity index (χ4v) is 3.70. The van der Waals surface area contributed by atoms with Crippen molar-refractivity contribution in [3.63, 3.8) is 0 Å². The second-order valence-electron chi connectivity index (χ2n) is 8.08. The standard InChI is InChI=1S/C22H11N7O14/c30-23(31)14-8-19(26(36)37)16(20(9-14)27(38)39)4-1-12-2-6-18(25(34)35)13(7-12)3-5-17-21(28(40)41)10-15(24(32)33)11-22(17)29(42)43/h1-11H/b4-1+,5-3+. The summed E-state index contributed by atoms with van der Waals surface area (Å²) in [5.41, 5.74) is -8.25. The van der Waals surface area contributed by atoms with Gasteiger partial charge in [-0.05, 0) is 35.9 Å². The lowest BCUT2D eigenvalue weighted by Crippen LogP contribution is -2.00. The number of benzene rings is 3. The minimum atomic E-state index is -1.13. The van der Waals surface area contributed by atoms with Crippen molar-refractivity contribution in [3.05, 3.63) is 136 Å². The van der Waals surface area contributed by atoms with Gasteiger partial charge < -0.3 is 0 Å². The smallest absolute Gasteiger partial charge is 0.258 e. The van der Waals surface area contributed by atoms with E-state index < -0.39 is 85.4 Å². The summed E-state index contributed by atoms with van der Waals surface area (Å²) in [6.07, 6.45) is 3.52. The molecule has 0 aliphatic rings. The fourth-order valence-electron chi connectivity index (χ4n) is 3.70. The molecule has 0 saturated heterocycles. The SMILES string of the molecule is O=[N+]([O-])c1cc([N+](=O)[O-])c(/C=C/c2ccc([N+](=O)[O-])c(/C=C/c3c([N+](=O)[O-])cc([N+](=O)[O-])cc3[N+](=O)[O-])c2)c([N+](=O)[O-])c1. The van der Waals surface area contributed by atoms with Crippen LogP contribution in [0.15, 0.2) is 42.5 Å². The molecule has 21 heteroatoms. The molecule has 0 saturated carbocycles. The van der Waals surface area contributed by atoms with E-state index in [4.69, 9.17) is 0 Å². The molecule has 218 valence electrons. The average molecular weight is 597 g/mol. The largest absolute Gasteiger partial charge is 0.290 e. The lowest BCUT2D eigenvalue weighted by atomic mass is 10.0. The van der Waals surface area contributed by atoms with Crippen molar-refractivity contribution in [2.75, 3.05) is 0 Å². The van der Waals surface area contributed by atoms with Crippen LogP contribution in [0.2, 0.25) is 0 Å². The van der Waals surface area contributed by atoms with E-state index >= 15 is 0 Å². The maximum atomic E-state index is 11.6. The van der Waals surface area contributed by atoms with E-state index in [1.807, 2.05) is 0 Å². The molecule has 0 unspecified atom stereocenters. The van der Waals surface area contributed by atoms with Gasteiger partial charge in [-0.3, -0.25) is 70.8 Å². The van der Waals surface area contributed by atoms with Gasteiger partial charge in [0.15, 0.2) is 0 Å². The molecule has 0 amide bonds. The number of non-ortho nitro benzene ring substituents is 2. The Morgan fingerprint density at radius 2 is 0.744 bits per heavy atom. The fraction of sp³-hybridized carbons (Fsp3) is 0. The Hall–Kier alpha value is -7.06. The molecule has 0 spiro atoms. The minimum Gasteiger partial charge on any atom is -0.258 e. The third-order valence-electron chi connectivity index (χ3n) is 5.57. The normalized spacial score (nSPS) is 11.0. The van der Waals surface area contributed by atoms with Crippen LogP contribution in [-0.4, -0.2) is 34.5 Å². The number of rotatable bonds is 11. The lowest BCUT2D eigenvalue weighted by molar-refractivity contribution is -0.403. The Morgan fingerprint density at radius 3 is 1.07 bits per heavy atom. The van der Waals surface area contributed by atoms with Gasteiger partial charge in [-0.2, -0.15) is 0 Å². The second-order valence-corrected chi connectivity index (χ2v) is 8.08. The van der Waals surface area contributed by atoms with E-state index in [1.54, 1.807) is 0 Å². The molecule has 0 aliphatic carbocycles. The van der Waals surface area contributed by atoms with Crippen molar-refractivity contribution < 1.29 is 34.5 Å². The molecule has 0 aliphatic heterocycles. The molecule has 3 aromatic carbocycles. The molecule has 0 fully saturated rings. The Morgan fingerprint density at radius 1 is 0.395 bits per heavy atom. The monoisotopic (exact) mass is 597 g/mol. The van der Waals surface area contributed by atoms with Gasteiger partial charge in [-0.1, -0.05) is 6.08 Å². The van der Waals surface area contributed by atoms with Crippen LogP contribution in [0.25, 0.3) is 24.3 Å². The van der Waals surface area contributed by atoms with Crippen LogP contribution in [0.3, 0.4) is 0 Å². The predicted octanol–water partition coefficient (Wildman–Crippen LogP) is 5.38. The third kappa shape index (κ3) is 6.57. The van der Waals surface area contributed by atoms with E-state index in [-0.39, 0.29) is 11.1 Å². The molecule has 21 nitrogen and oxygen atoms in total. The first-order chi connectivity index (χ1) is 20.1. The van der Waals surface area contributed by atoms with E-state index in [1.165, 1.54) is 0 Å². The molecule has 3 aromatic rings. The summed E-state index contributed by atoms with van der Waals surface area (Å²) in [7, 11) is 0. The van der Waals surface area contributed by atoms with Crippen LogP contribution >= 0.6 is 0 Å². The second kappa shape index (κ2) is 12.0. The van der Waals surface area contributed by atoms with Crippen molar-refractivity contribution in [1.82, 2.24) is 0 Å². The van der Waals surface area contributed by atoms with Gasteiger partial charge in [-0.25, -0.2) is 0 Å². The first-order valence-corrected chi connectivity index (χ1v) is 11.0. The first kappa shape index (κ1) is 30.5. The molecule has 0 heterocycles. The molecule has 43 heavy (non-hydrogen) atoms. The number of nitro benzene ring substituents is 7. The molecule has 3 rings (SSSR count). The van der Waals surface area contributed by atoms with Crippen molar-refractivity contribution >= 4 is 64.1 Å². The minimum absolute atomic E-state index is 0.0138. The van der Waals surface area contributed by atoms with E-state index in [2.05, 4.69) is 0 Å². The van der Waals surface area contributed by atoms with Gasteiger partial charge in [0.1, 0.15) is 11.1 Å². The Balaban J connectivity index is 2.20. The molecular formula is C22H11N7O14. The zero-order valence-electron chi connectivity index (χ0n) is 20.7. The summed E-state index contributed by atoms with van der Waals surface area (Å²) >= 11 is 0. The molecule has 0 radical (unpaired) electrons. The molecule has 0 aromatic heterocycles. The number of hydrogen-bond donors (Lipinski definition) is 0. The van der Waals surface area contributed by atoms with E-state index in [0.29, 0.717) is 24.3 Å². The molecule has 0 bridgehead atoms. The van der Waals surface area contributed by atoms with Crippen molar-refractivity contribution in [1.29, 1.82) is 0 Å². The van der Waals surface area contributed by atoms with Gasteiger partial charge in [0.2, 0.25) is 0 Å². The van der Waals surface area contributed by atoms with Crippen molar-refractivity contribution in [3.8, 4) is 0 Å². The average Bonchev–Trinajstić information content (AvgIpc) is 2.93. The zero-order chi connectivity index (χ0) is 32.2. The first-order valence-electron chi connectivity index (χ1n) is 11.0. The summed E-state index contributed by atoms with van der Waals surface area (Å²) in [6, 6.07) is 5.02. The number of nitro groups is 7. The zero-order valence-corrected chi connectivity index (χ0v) is 20.7. The van der Waals surface area contributed by atoms with Gasteiger partial charge in [0, 0.05) is 6.07 Å². The summed E-state index contributed by atoms with van der Waals surface area (Å²) in [4.78, 5) is 72.3. The Bertz CT molecular complexity index is 1760. The van der Waals surface area contributed by atoms with E-state index in [0.717, 1.165) is 42.5 Å². The highest BCUT2D eigenvalue weighted by Crippen LogP contribution is 2.37. The number of nitrogens with zero attached hydrogens (tertiary/aromatic N) is 7. The highest BCUT2D eigenvalue weighted by molar-refractivity contribution is 5.85. The molecule has 0 atom stereocenters. The summed E-state index contributed by atoms with van der Waals surface area (Å²) in [5, 5.41) is 79.8. The van der Waals surface area contributed by atoms with Crippen LogP contribution in [0.5, 0.6) is 0 Å². The maximum Gasteiger partial charge on any atom is 0.290 e. The third-order valence-corrected chi connectivity index (χ3v) is 5.57. The molecule has 0 N–H and O–H groups in total. The summed E-state index contributed by atoms with van der Waals surface area (Å²) in [6.45, 7) is 0. The molecular weight excluding hydrogens is 586 g/mol. The van der Waals surface area contributed by atoms with Gasteiger partial charge in [-0.15, -0.1) is 0 Å². The van der Waals surface area contributed by atoms with Crippen LogP contribution in [0.1, 0.15) is 22.3 Å². The van der Waals surface area contributed by atoms with Gasteiger partial charge in [0.25, 0.3) is 39.8 Å². The maximum absolute atomic E-state index is 11.6. The Labute approximate surface area is 234 Å². The Kier molecular flexibility index (Phi) is 8.50. The van der Waals surface area contributed by atoms with Crippen LogP contribution < -0.4 is 0 Å². The summed E-state index contributed by atoms with van der Waals surface area (Å²) < 4.78 is 0. The number of hydrogen-bond acceptors (Lipinski definition) is 14. The predicted molar refractivity (Wildman–Crippen MR) is 144 cm³/mol. The van der Waals surface area contributed by atoms with Crippen LogP contribution in [0, 0.1) is 70.8 Å². The topological polar surface area (TPSA) is 302 Å². The summed E-state index contributed by atoms with van der Waals surface area (Å²) in [5.74, 6) is 0. The van der Waals surface area contributed by atoms with Crippen molar-refractivity contribution in [2.24, 2.45) is 0 Å². The van der Waals surface area contributed by atoms with Gasteiger partial charge >= 0.3 is 0 Å². The quantitative estimate of drug-likeness (QED) is 0.152. The highest BCUT2D eigenvalue weighted by Gasteiger charge is 2.30.